The van der Waals surface area contributed by atoms with E-state index < -0.39 is 5.82 Å². The fraction of sp³-hybridized carbons (Fsp3) is 0.269. The summed E-state index contributed by atoms with van der Waals surface area (Å²) in [5.41, 5.74) is 1.62. The van der Waals surface area contributed by atoms with E-state index in [4.69, 9.17) is 0 Å². The first kappa shape index (κ1) is 22.7. The van der Waals surface area contributed by atoms with Crippen LogP contribution in [0, 0.1) is 17.6 Å². The van der Waals surface area contributed by atoms with Crippen LogP contribution in [-0.2, 0) is 0 Å². The number of piperidine rings is 1. The molecule has 33 heavy (non-hydrogen) atoms. The number of halogens is 2. The van der Waals surface area contributed by atoms with Gasteiger partial charge in [0.1, 0.15) is 11.6 Å². The van der Waals surface area contributed by atoms with Crippen molar-refractivity contribution in [3.05, 3.63) is 95.8 Å². The average Bonchev–Trinajstić information content (AvgIpc) is 2.85. The second-order valence-corrected chi connectivity index (χ2v) is 8.16. The van der Waals surface area contributed by atoms with Gasteiger partial charge in [-0.2, -0.15) is 0 Å². The molecule has 1 amide bonds. The molecule has 2 heterocycles. The van der Waals surface area contributed by atoms with Crippen LogP contribution in [0.15, 0.2) is 73.1 Å². The van der Waals surface area contributed by atoms with Crippen LogP contribution in [0.1, 0.15) is 33.6 Å². The first-order valence-corrected chi connectivity index (χ1v) is 11.0. The monoisotopic (exact) mass is 449 g/mol. The normalized spacial score (nSPS) is 14.7. The molecular formula is C26H25F2N3O2. The number of anilines is 1. The Bertz CT molecular complexity index is 1080. The van der Waals surface area contributed by atoms with Gasteiger partial charge in [0, 0.05) is 36.3 Å². The molecule has 5 nitrogen and oxygen atoms in total. The summed E-state index contributed by atoms with van der Waals surface area (Å²) >= 11 is 0. The molecule has 0 N–H and O–H groups in total. The van der Waals surface area contributed by atoms with E-state index in [0.29, 0.717) is 29.9 Å². The minimum Gasteiger partial charge on any atom is -0.306 e. The summed E-state index contributed by atoms with van der Waals surface area (Å²) in [6, 6.07) is 14.8. The lowest BCUT2D eigenvalue weighted by Crippen LogP contribution is -2.43. The van der Waals surface area contributed by atoms with Crippen molar-refractivity contribution in [2.45, 2.75) is 12.8 Å². The van der Waals surface area contributed by atoms with Crippen LogP contribution in [0.2, 0.25) is 0 Å². The molecular weight excluding hydrogens is 424 g/mol. The minimum atomic E-state index is -0.391. The summed E-state index contributed by atoms with van der Waals surface area (Å²) < 4.78 is 26.4. The van der Waals surface area contributed by atoms with E-state index in [9.17, 15) is 18.4 Å². The molecule has 4 rings (SSSR count). The maximum Gasteiger partial charge on any atom is 0.258 e. The van der Waals surface area contributed by atoms with Gasteiger partial charge in [-0.3, -0.25) is 14.6 Å². The number of benzene rings is 2. The molecule has 2 aromatic carbocycles. The molecule has 1 saturated heterocycles. The van der Waals surface area contributed by atoms with E-state index in [2.05, 4.69) is 9.88 Å². The van der Waals surface area contributed by atoms with Gasteiger partial charge >= 0.3 is 0 Å². The van der Waals surface area contributed by atoms with E-state index in [1.807, 2.05) is 6.07 Å². The number of Topliss-reactive ketones (excluding diaryl/α,β-unsaturated/α-hetero) is 1. The Labute approximate surface area is 191 Å². The van der Waals surface area contributed by atoms with Gasteiger partial charge in [-0.1, -0.05) is 0 Å². The molecule has 0 atom stereocenters. The Morgan fingerprint density at radius 3 is 2.09 bits per heavy atom. The smallest absolute Gasteiger partial charge is 0.258 e. The van der Waals surface area contributed by atoms with Gasteiger partial charge in [0.05, 0.1) is 11.9 Å². The highest BCUT2D eigenvalue weighted by Crippen LogP contribution is 2.23. The van der Waals surface area contributed by atoms with Gasteiger partial charge in [-0.05, 0) is 86.6 Å². The lowest BCUT2D eigenvalue weighted by Gasteiger charge is -2.33. The van der Waals surface area contributed by atoms with Crippen molar-refractivity contribution in [1.82, 2.24) is 9.88 Å². The van der Waals surface area contributed by atoms with Crippen molar-refractivity contribution in [3.63, 3.8) is 0 Å². The Kier molecular flexibility index (Phi) is 7.19. The number of carbonyl (C=O) groups excluding carboxylic acids is 2. The molecule has 7 heteroatoms. The van der Waals surface area contributed by atoms with E-state index in [1.165, 1.54) is 48.5 Å². The van der Waals surface area contributed by atoms with Crippen LogP contribution in [0.5, 0.6) is 0 Å². The Morgan fingerprint density at radius 1 is 0.909 bits per heavy atom. The zero-order valence-electron chi connectivity index (χ0n) is 18.2. The van der Waals surface area contributed by atoms with Crippen molar-refractivity contribution < 1.29 is 18.4 Å². The fourth-order valence-electron chi connectivity index (χ4n) is 4.12. The van der Waals surface area contributed by atoms with E-state index in [0.717, 1.165) is 25.9 Å². The van der Waals surface area contributed by atoms with Gasteiger partial charge in [-0.25, -0.2) is 8.78 Å². The van der Waals surface area contributed by atoms with Crippen LogP contribution >= 0.6 is 0 Å². The number of likely N-dealkylation sites (tertiary alicyclic amines) is 1. The number of rotatable bonds is 7. The van der Waals surface area contributed by atoms with Crippen molar-refractivity contribution >= 4 is 17.4 Å². The third kappa shape index (κ3) is 5.68. The predicted octanol–water partition coefficient (Wildman–Crippen LogP) is 4.60. The van der Waals surface area contributed by atoms with E-state index in [1.54, 1.807) is 23.4 Å². The summed E-state index contributed by atoms with van der Waals surface area (Å²) in [4.78, 5) is 33.9. The highest BCUT2D eigenvalue weighted by atomic mass is 19.1. The number of amides is 1. The number of pyridine rings is 1. The van der Waals surface area contributed by atoms with Gasteiger partial charge < -0.3 is 9.80 Å². The SMILES string of the molecule is O=C(c1ccc(F)cc1)C1CCN(CCN(C(=O)c2ccc(F)cc2)c2cccnc2)CC1. The summed E-state index contributed by atoms with van der Waals surface area (Å²) in [6.45, 7) is 2.56. The molecule has 0 radical (unpaired) electrons. The topological polar surface area (TPSA) is 53.5 Å². The van der Waals surface area contributed by atoms with Crippen LogP contribution < -0.4 is 4.90 Å². The molecule has 3 aromatic rings. The maximum absolute atomic E-state index is 13.3. The molecule has 0 aliphatic carbocycles. The van der Waals surface area contributed by atoms with Crippen molar-refractivity contribution in [2.75, 3.05) is 31.1 Å². The fourth-order valence-corrected chi connectivity index (χ4v) is 4.12. The largest absolute Gasteiger partial charge is 0.306 e. The average molecular weight is 450 g/mol. The van der Waals surface area contributed by atoms with Crippen molar-refractivity contribution in [1.29, 1.82) is 0 Å². The maximum atomic E-state index is 13.3. The molecule has 0 spiro atoms. The highest BCUT2D eigenvalue weighted by molar-refractivity contribution is 6.06. The van der Waals surface area contributed by atoms with Gasteiger partial charge in [0.2, 0.25) is 0 Å². The summed E-state index contributed by atoms with van der Waals surface area (Å²) in [6.07, 6.45) is 4.71. The molecule has 0 unspecified atom stereocenters. The van der Waals surface area contributed by atoms with Crippen molar-refractivity contribution in [2.24, 2.45) is 5.92 Å². The van der Waals surface area contributed by atoms with Gasteiger partial charge in [0.25, 0.3) is 5.91 Å². The summed E-state index contributed by atoms with van der Waals surface area (Å²) in [5.74, 6) is -0.989. The zero-order valence-corrected chi connectivity index (χ0v) is 18.2. The first-order valence-electron chi connectivity index (χ1n) is 11.0. The second-order valence-electron chi connectivity index (χ2n) is 8.16. The number of hydrogen-bond acceptors (Lipinski definition) is 4. The molecule has 0 saturated carbocycles. The third-order valence-electron chi connectivity index (χ3n) is 6.02. The molecule has 0 bridgehead atoms. The number of aromatic nitrogens is 1. The molecule has 1 fully saturated rings. The van der Waals surface area contributed by atoms with E-state index in [-0.39, 0.29) is 23.4 Å². The Morgan fingerprint density at radius 2 is 1.52 bits per heavy atom. The first-order chi connectivity index (χ1) is 16.0. The Hall–Kier alpha value is -3.45. The number of ketones is 1. The summed E-state index contributed by atoms with van der Waals surface area (Å²) in [5, 5.41) is 0. The molecule has 1 aromatic heterocycles. The lowest BCUT2D eigenvalue weighted by atomic mass is 9.89. The summed E-state index contributed by atoms with van der Waals surface area (Å²) in [7, 11) is 0. The molecule has 1 aliphatic heterocycles. The Balaban J connectivity index is 1.37. The number of hydrogen-bond donors (Lipinski definition) is 0. The number of nitrogens with zero attached hydrogens (tertiary/aromatic N) is 3. The van der Waals surface area contributed by atoms with Crippen LogP contribution in [0.4, 0.5) is 14.5 Å². The highest BCUT2D eigenvalue weighted by Gasteiger charge is 2.27. The second kappa shape index (κ2) is 10.4. The quantitative estimate of drug-likeness (QED) is 0.495. The van der Waals surface area contributed by atoms with Crippen LogP contribution in [0.25, 0.3) is 0 Å². The van der Waals surface area contributed by atoms with E-state index >= 15 is 0 Å². The van der Waals surface area contributed by atoms with Crippen molar-refractivity contribution in [3.8, 4) is 0 Å². The standard InChI is InChI=1S/C26H25F2N3O2/c27-22-7-3-19(4-8-22)25(32)20-11-14-30(15-12-20)16-17-31(24-2-1-13-29-18-24)26(33)21-5-9-23(28)10-6-21/h1-10,13,18,20H,11-12,14-17H2. The van der Waals surface area contributed by atoms with Crippen LogP contribution in [-0.4, -0.2) is 47.8 Å². The van der Waals surface area contributed by atoms with Crippen LogP contribution in [0.3, 0.4) is 0 Å². The zero-order chi connectivity index (χ0) is 23.2. The third-order valence-corrected chi connectivity index (χ3v) is 6.02. The predicted molar refractivity (Wildman–Crippen MR) is 122 cm³/mol. The minimum absolute atomic E-state index is 0.0538. The molecule has 170 valence electrons. The number of carbonyl (C=O) groups is 2. The lowest BCUT2D eigenvalue weighted by molar-refractivity contribution is 0.0841. The van der Waals surface area contributed by atoms with Gasteiger partial charge in [-0.15, -0.1) is 0 Å². The van der Waals surface area contributed by atoms with Gasteiger partial charge in [0.15, 0.2) is 5.78 Å². The molecule has 1 aliphatic rings.